The Kier molecular flexibility index (Phi) is 14.5. The fraction of sp³-hybridized carbons (Fsp3) is 0.536. The molecule has 0 radical (unpaired) electrons. The summed E-state index contributed by atoms with van der Waals surface area (Å²) >= 11 is 6.21. The summed E-state index contributed by atoms with van der Waals surface area (Å²) in [5, 5.41) is 12.7. The lowest BCUT2D eigenvalue weighted by Crippen LogP contribution is -2.51. The van der Waals surface area contributed by atoms with Crippen molar-refractivity contribution < 1.29 is 28.7 Å². The number of Topliss-reactive ketones (excluding diaryl/α,β-unsaturated/α-hetero) is 4. The summed E-state index contributed by atoms with van der Waals surface area (Å²) in [7, 11) is 0. The Morgan fingerprint density at radius 2 is 1.69 bits per heavy atom. The molecule has 1 amide bonds. The molecule has 3 heterocycles. The highest BCUT2D eigenvalue weighted by Gasteiger charge is 2.41. The van der Waals surface area contributed by atoms with Crippen LogP contribution in [0.1, 0.15) is 157 Å². The molecule has 3 aromatic carbocycles. The zero-order chi connectivity index (χ0) is 46.8. The third-order valence-corrected chi connectivity index (χ3v) is 16.3. The molecule has 0 spiro atoms. The predicted molar refractivity (Wildman–Crippen MR) is 257 cm³/mol. The molecule has 2 saturated carbocycles. The summed E-state index contributed by atoms with van der Waals surface area (Å²) < 4.78 is 6.19. The number of carbonyl (C=O) groups excluding carboxylic acids is 5. The van der Waals surface area contributed by atoms with Crippen LogP contribution in [0.5, 0.6) is 5.75 Å². The van der Waals surface area contributed by atoms with Gasteiger partial charge in [-0.3, -0.25) is 28.9 Å². The second kappa shape index (κ2) is 20.6. The van der Waals surface area contributed by atoms with Crippen molar-refractivity contribution in [3.63, 3.8) is 0 Å². The zero-order valence-corrected chi connectivity index (χ0v) is 39.8. The third-order valence-electron chi connectivity index (χ3n) is 16.0. The summed E-state index contributed by atoms with van der Waals surface area (Å²) in [6, 6.07) is 20.2. The van der Waals surface area contributed by atoms with Crippen LogP contribution in [0, 0.1) is 52.8 Å². The number of halogens is 1. The zero-order valence-electron chi connectivity index (χ0n) is 39.0. The largest absolute Gasteiger partial charge is 0.490 e. The van der Waals surface area contributed by atoms with Gasteiger partial charge in [-0.05, 0) is 130 Å². The Balaban J connectivity index is 0.703. The minimum absolute atomic E-state index is 0.0250. The summed E-state index contributed by atoms with van der Waals surface area (Å²) in [5.74, 6) is 7.49. The molecule has 0 aromatic heterocycles. The van der Waals surface area contributed by atoms with Crippen molar-refractivity contribution in [1.29, 1.82) is 5.26 Å². The fourth-order valence-electron chi connectivity index (χ4n) is 11.8. The average molecular weight is 924 g/mol. The van der Waals surface area contributed by atoms with Gasteiger partial charge in [0.1, 0.15) is 23.4 Å². The second-order valence-electron chi connectivity index (χ2n) is 20.5. The van der Waals surface area contributed by atoms with Crippen molar-refractivity contribution in [3.05, 3.63) is 98.6 Å². The van der Waals surface area contributed by atoms with E-state index in [4.69, 9.17) is 21.6 Å². The fourth-order valence-corrected chi connectivity index (χ4v) is 12.0. The van der Waals surface area contributed by atoms with E-state index in [0.29, 0.717) is 71.1 Å². The van der Waals surface area contributed by atoms with Crippen molar-refractivity contribution in [1.82, 2.24) is 15.1 Å². The average Bonchev–Trinajstić information content (AvgIpc) is 4.10. The molecule has 350 valence electrons. The summed E-state index contributed by atoms with van der Waals surface area (Å²) in [4.78, 5) is 70.6. The van der Waals surface area contributed by atoms with Crippen LogP contribution >= 0.6 is 11.6 Å². The highest BCUT2D eigenvalue weighted by molar-refractivity contribution is 6.31. The summed E-state index contributed by atoms with van der Waals surface area (Å²) in [6.45, 7) is 6.92. The highest BCUT2D eigenvalue weighted by Crippen LogP contribution is 2.38. The molecular weight excluding hydrogens is 860 g/mol. The summed E-state index contributed by atoms with van der Waals surface area (Å²) in [5.41, 5.74) is 5.36. The SMILES string of the molecule is CC(=O)C(CCC(=O)CC1CN1)C(C)C1CC(=O)c2cc(CCC3CCCC(N4CC(C#Cc5ccc6c(c5)CN(C5CCC(Oc7ccc(C#N)c(Cl)c7)CC5)C6=O)C4)CC3)ccc2C1=O. The maximum Gasteiger partial charge on any atom is 0.254 e. The quantitative estimate of drug-likeness (QED) is 0.0895. The molecule has 11 heteroatoms. The molecule has 2 saturated heterocycles. The van der Waals surface area contributed by atoms with Crippen LogP contribution in [0.25, 0.3) is 0 Å². The van der Waals surface area contributed by atoms with Crippen LogP contribution in [0.3, 0.4) is 0 Å². The smallest absolute Gasteiger partial charge is 0.254 e. The molecule has 6 unspecified atom stereocenters. The van der Waals surface area contributed by atoms with Gasteiger partial charge in [-0.25, -0.2) is 0 Å². The van der Waals surface area contributed by atoms with Gasteiger partial charge in [-0.2, -0.15) is 5.26 Å². The van der Waals surface area contributed by atoms with Crippen LogP contribution in [0.15, 0.2) is 54.6 Å². The van der Waals surface area contributed by atoms with Crippen LogP contribution in [0.2, 0.25) is 5.02 Å². The normalized spacial score (nSPS) is 25.9. The van der Waals surface area contributed by atoms with Gasteiger partial charge in [-0.15, -0.1) is 0 Å². The number of nitriles is 1. The lowest BCUT2D eigenvalue weighted by molar-refractivity contribution is -0.123. The molecule has 3 aromatic rings. The Labute approximate surface area is 400 Å². The number of hydrogen-bond donors (Lipinski definition) is 1. The molecule has 1 N–H and O–H groups in total. The highest BCUT2D eigenvalue weighted by atomic mass is 35.5. The molecule has 3 aliphatic heterocycles. The van der Waals surface area contributed by atoms with Crippen LogP contribution < -0.4 is 10.1 Å². The number of ether oxygens (including phenoxy) is 1. The number of nitrogens with one attached hydrogen (secondary N) is 1. The second-order valence-corrected chi connectivity index (χ2v) is 20.9. The standard InChI is InChI=1S/C56H63ClN4O6/c1-34(48(35(2)62)23-17-45(63)26-42-30-59-42)51-28-54(64)52-25-38(12-22-50(52)55(51)65)7-6-36-4-3-5-43(14-10-36)60-31-39(32-60)9-8-37-11-21-49-41(24-37)33-61(56(49)66)44-15-19-46(20-16-44)67-47-18-13-40(29-58)53(57)27-47/h11-13,18,21-22,24-25,27,34,36,39,42-44,46,48,51,59H,3-7,10,14-17,19-20,23,26,28,30-33H2,1-2H3. The number of fused-ring (bicyclic) bond motifs is 2. The minimum atomic E-state index is -0.549. The Hall–Kier alpha value is -5.13. The first-order valence-electron chi connectivity index (χ1n) is 24.9. The Morgan fingerprint density at radius 1 is 0.910 bits per heavy atom. The van der Waals surface area contributed by atoms with Crippen molar-refractivity contribution in [2.45, 2.75) is 141 Å². The van der Waals surface area contributed by atoms with Gasteiger partial charge in [-0.1, -0.05) is 55.3 Å². The molecule has 0 bridgehead atoms. The lowest BCUT2D eigenvalue weighted by atomic mass is 9.69. The predicted octanol–water partition coefficient (Wildman–Crippen LogP) is 9.36. The van der Waals surface area contributed by atoms with E-state index < -0.39 is 11.8 Å². The molecular formula is C56H63ClN4O6. The van der Waals surface area contributed by atoms with Crippen molar-refractivity contribution in [2.75, 3.05) is 19.6 Å². The van der Waals surface area contributed by atoms with Gasteiger partial charge in [0.25, 0.3) is 5.91 Å². The lowest BCUT2D eigenvalue weighted by Gasteiger charge is -2.42. The molecule has 6 atom stereocenters. The molecule has 6 aliphatic rings. The number of aryl methyl sites for hydroxylation is 1. The van der Waals surface area contributed by atoms with E-state index >= 15 is 0 Å². The first kappa shape index (κ1) is 47.0. The Bertz CT molecular complexity index is 2520. The van der Waals surface area contributed by atoms with Crippen molar-refractivity contribution in [3.8, 4) is 23.7 Å². The van der Waals surface area contributed by atoms with Gasteiger partial charge in [0, 0.05) is 110 Å². The number of likely N-dealkylation sites (tertiary alicyclic amines) is 1. The first-order valence-corrected chi connectivity index (χ1v) is 25.3. The summed E-state index contributed by atoms with van der Waals surface area (Å²) in [6.07, 6.45) is 12.8. The third kappa shape index (κ3) is 10.9. The van der Waals surface area contributed by atoms with Gasteiger partial charge in [0.2, 0.25) is 0 Å². The number of carbonyl (C=O) groups is 5. The van der Waals surface area contributed by atoms with E-state index in [2.05, 4.69) is 34.2 Å². The van der Waals surface area contributed by atoms with E-state index in [9.17, 15) is 24.0 Å². The van der Waals surface area contributed by atoms with Crippen LogP contribution in [-0.4, -0.2) is 82.7 Å². The van der Waals surface area contributed by atoms with Crippen molar-refractivity contribution >= 4 is 40.6 Å². The molecule has 67 heavy (non-hydrogen) atoms. The number of benzene rings is 3. The van der Waals surface area contributed by atoms with Crippen molar-refractivity contribution in [2.24, 2.45) is 29.6 Å². The maximum absolute atomic E-state index is 13.8. The van der Waals surface area contributed by atoms with Crippen LogP contribution in [-0.2, 0) is 22.6 Å². The molecule has 4 fully saturated rings. The minimum Gasteiger partial charge on any atom is -0.490 e. The van der Waals surface area contributed by atoms with E-state index in [1.807, 2.05) is 42.2 Å². The number of hydrogen-bond acceptors (Lipinski definition) is 9. The number of rotatable bonds is 15. The van der Waals surface area contributed by atoms with E-state index in [0.717, 1.165) is 80.4 Å². The number of amides is 1. The van der Waals surface area contributed by atoms with Gasteiger partial charge in [0.05, 0.1) is 16.7 Å². The van der Waals surface area contributed by atoms with Gasteiger partial charge < -0.3 is 15.0 Å². The van der Waals surface area contributed by atoms with E-state index in [1.54, 1.807) is 18.2 Å². The number of nitrogens with zero attached hydrogens (tertiary/aromatic N) is 3. The first-order chi connectivity index (χ1) is 32.4. The molecule has 9 rings (SSSR count). The van der Waals surface area contributed by atoms with Gasteiger partial charge >= 0.3 is 0 Å². The van der Waals surface area contributed by atoms with Gasteiger partial charge in [0.15, 0.2) is 11.6 Å². The number of ketones is 4. The topological polar surface area (TPSA) is 147 Å². The molecule has 3 aliphatic carbocycles. The van der Waals surface area contributed by atoms with Crippen LogP contribution in [0.4, 0.5) is 0 Å². The Morgan fingerprint density at radius 3 is 2.43 bits per heavy atom. The monoisotopic (exact) mass is 922 g/mol. The van der Waals surface area contributed by atoms with E-state index in [-0.39, 0.29) is 59.6 Å². The van der Waals surface area contributed by atoms with E-state index in [1.165, 1.54) is 39.0 Å². The molecule has 10 nitrogen and oxygen atoms in total. The maximum atomic E-state index is 13.8.